The van der Waals surface area contributed by atoms with Gasteiger partial charge in [0.15, 0.2) is 11.5 Å². The fourth-order valence-electron chi connectivity index (χ4n) is 4.50. The van der Waals surface area contributed by atoms with Gasteiger partial charge in [0, 0.05) is 64.3 Å². The fraction of sp³-hybridized carbons (Fsp3) is 0.696. The van der Waals surface area contributed by atoms with Gasteiger partial charge in [-0.1, -0.05) is 6.42 Å². The minimum Gasteiger partial charge on any atom is -0.493 e. The molecule has 0 aliphatic carbocycles. The summed E-state index contributed by atoms with van der Waals surface area (Å²) in [4.78, 5) is 17.0. The Morgan fingerprint density at radius 3 is 2.48 bits per heavy atom. The summed E-state index contributed by atoms with van der Waals surface area (Å²) in [6, 6.07) is 5.06. The van der Waals surface area contributed by atoms with Crippen LogP contribution in [0.5, 0.6) is 11.5 Å². The zero-order valence-electron chi connectivity index (χ0n) is 20.1. The van der Waals surface area contributed by atoms with Gasteiger partial charge in [0.1, 0.15) is 0 Å². The summed E-state index contributed by atoms with van der Waals surface area (Å²) >= 11 is 0. The predicted molar refractivity (Wildman–Crippen MR) is 127 cm³/mol. The second kappa shape index (κ2) is 12.0. The third kappa shape index (κ3) is 6.59. The van der Waals surface area contributed by atoms with E-state index in [9.17, 15) is 13.2 Å². The van der Waals surface area contributed by atoms with Gasteiger partial charge in [0.25, 0.3) is 0 Å². The third-order valence-corrected chi connectivity index (χ3v) is 8.51. The summed E-state index contributed by atoms with van der Waals surface area (Å²) in [5.74, 6) is 0.828. The largest absolute Gasteiger partial charge is 0.493 e. The molecule has 0 unspecified atom stereocenters. The summed E-state index contributed by atoms with van der Waals surface area (Å²) in [6.07, 6.45) is 3.64. The number of likely N-dealkylation sites (tertiary alicyclic amines) is 1. The number of nitrogens with zero attached hydrogens (tertiary/aromatic N) is 3. The second-order valence-corrected chi connectivity index (χ2v) is 10.6. The van der Waals surface area contributed by atoms with Crippen molar-refractivity contribution in [3.05, 3.63) is 18.2 Å². The number of benzene rings is 1. The maximum absolute atomic E-state index is 13.6. The van der Waals surface area contributed by atoms with Gasteiger partial charge < -0.3 is 19.7 Å². The molecule has 1 aromatic rings. The van der Waals surface area contributed by atoms with Crippen LogP contribution in [0.2, 0.25) is 0 Å². The molecule has 2 aliphatic heterocycles. The van der Waals surface area contributed by atoms with Crippen LogP contribution in [0.15, 0.2) is 23.1 Å². The summed E-state index contributed by atoms with van der Waals surface area (Å²) in [5.41, 5.74) is 0. The number of carbonyl (C=O) groups excluding carboxylic acids is 1. The standard InChI is InChI=1S/C23H38N4O5S/c1-19-6-4-5-12-25(19)16-17-27(13-9-23(28)26-14-10-24-11-15-26)33(29,30)20-7-8-21(31-2)22(18-20)32-3/h7-8,18-19,24H,4-6,9-17H2,1-3H3/t19-/m0/s1. The van der Waals surface area contributed by atoms with Crippen molar-refractivity contribution in [2.75, 3.05) is 66.6 Å². The van der Waals surface area contributed by atoms with Crippen LogP contribution in [0.4, 0.5) is 0 Å². The summed E-state index contributed by atoms with van der Waals surface area (Å²) in [6.45, 7) is 7.18. The van der Waals surface area contributed by atoms with Gasteiger partial charge >= 0.3 is 0 Å². The molecule has 3 rings (SSSR count). The second-order valence-electron chi connectivity index (χ2n) is 8.68. The number of sulfonamides is 1. The number of methoxy groups -OCH3 is 2. The molecule has 1 atom stereocenters. The number of hydrogen-bond acceptors (Lipinski definition) is 7. The Kier molecular flexibility index (Phi) is 9.37. The smallest absolute Gasteiger partial charge is 0.243 e. The lowest BCUT2D eigenvalue weighted by Crippen LogP contribution is -2.48. The average molecular weight is 483 g/mol. The number of rotatable bonds is 10. The third-order valence-electron chi connectivity index (χ3n) is 6.61. The number of amides is 1. The Labute approximate surface area is 198 Å². The number of piperazine rings is 1. The summed E-state index contributed by atoms with van der Waals surface area (Å²) < 4.78 is 39.3. The van der Waals surface area contributed by atoms with Crippen LogP contribution < -0.4 is 14.8 Å². The van der Waals surface area contributed by atoms with Crippen molar-refractivity contribution in [1.82, 2.24) is 19.4 Å². The monoisotopic (exact) mass is 482 g/mol. The number of nitrogens with one attached hydrogen (secondary N) is 1. The van der Waals surface area contributed by atoms with Gasteiger partial charge in [-0.05, 0) is 38.4 Å². The van der Waals surface area contributed by atoms with Crippen LogP contribution >= 0.6 is 0 Å². The highest BCUT2D eigenvalue weighted by atomic mass is 32.2. The Bertz CT molecular complexity index is 889. The van der Waals surface area contributed by atoms with Crippen LogP contribution in [0.1, 0.15) is 32.6 Å². The molecule has 2 fully saturated rings. The molecule has 0 saturated carbocycles. The van der Waals surface area contributed by atoms with E-state index in [0.29, 0.717) is 43.7 Å². The molecule has 2 saturated heterocycles. The van der Waals surface area contributed by atoms with E-state index in [1.54, 1.807) is 6.07 Å². The van der Waals surface area contributed by atoms with Gasteiger partial charge in [-0.25, -0.2) is 8.42 Å². The zero-order chi connectivity index (χ0) is 23.8. The zero-order valence-corrected chi connectivity index (χ0v) is 20.9. The molecule has 33 heavy (non-hydrogen) atoms. The van der Waals surface area contributed by atoms with Crippen molar-refractivity contribution in [2.24, 2.45) is 0 Å². The molecule has 1 aromatic carbocycles. The first-order valence-corrected chi connectivity index (χ1v) is 13.3. The number of carbonyl (C=O) groups is 1. The van der Waals surface area contributed by atoms with Gasteiger partial charge in [0.05, 0.1) is 19.1 Å². The van der Waals surface area contributed by atoms with Crippen molar-refractivity contribution in [1.29, 1.82) is 0 Å². The maximum atomic E-state index is 13.6. The topological polar surface area (TPSA) is 91.4 Å². The Hall–Kier alpha value is -1.88. The molecule has 9 nitrogen and oxygen atoms in total. The lowest BCUT2D eigenvalue weighted by Gasteiger charge is -2.35. The van der Waals surface area contributed by atoms with Gasteiger partial charge in [-0.15, -0.1) is 0 Å². The van der Waals surface area contributed by atoms with Crippen LogP contribution in [0.3, 0.4) is 0 Å². The lowest BCUT2D eigenvalue weighted by molar-refractivity contribution is -0.131. The minimum absolute atomic E-state index is 0.00430. The molecule has 10 heteroatoms. The first-order chi connectivity index (χ1) is 15.9. The molecule has 186 valence electrons. The van der Waals surface area contributed by atoms with E-state index in [-0.39, 0.29) is 23.8 Å². The van der Waals surface area contributed by atoms with Gasteiger partial charge in [-0.3, -0.25) is 9.69 Å². The first kappa shape index (κ1) is 25.7. The lowest BCUT2D eigenvalue weighted by atomic mass is 10.0. The molecular formula is C23H38N4O5S. The van der Waals surface area contributed by atoms with E-state index < -0.39 is 10.0 Å². The molecule has 1 N–H and O–H groups in total. The molecule has 2 aliphatic rings. The van der Waals surface area contributed by atoms with E-state index in [0.717, 1.165) is 32.5 Å². The van der Waals surface area contributed by atoms with Crippen LogP contribution in [-0.2, 0) is 14.8 Å². The molecule has 1 amide bonds. The summed E-state index contributed by atoms with van der Waals surface area (Å²) in [7, 11) is -0.820. The van der Waals surface area contributed by atoms with Crippen LogP contribution in [-0.4, -0.2) is 101 Å². The Balaban J connectivity index is 1.77. The number of piperidine rings is 1. The molecule has 0 radical (unpaired) electrons. The maximum Gasteiger partial charge on any atom is 0.243 e. The first-order valence-electron chi connectivity index (χ1n) is 11.8. The highest BCUT2D eigenvalue weighted by Gasteiger charge is 2.29. The van der Waals surface area contributed by atoms with Crippen LogP contribution in [0, 0.1) is 0 Å². The van der Waals surface area contributed by atoms with E-state index >= 15 is 0 Å². The van der Waals surface area contributed by atoms with E-state index in [1.807, 2.05) is 4.90 Å². The van der Waals surface area contributed by atoms with Crippen molar-refractivity contribution in [3.8, 4) is 11.5 Å². The van der Waals surface area contributed by atoms with Crippen molar-refractivity contribution >= 4 is 15.9 Å². The molecule has 0 bridgehead atoms. The minimum atomic E-state index is -3.82. The van der Waals surface area contributed by atoms with E-state index in [2.05, 4.69) is 17.1 Å². The summed E-state index contributed by atoms with van der Waals surface area (Å²) in [5, 5.41) is 3.23. The van der Waals surface area contributed by atoms with Gasteiger partial charge in [-0.2, -0.15) is 4.31 Å². The van der Waals surface area contributed by atoms with Crippen molar-refractivity contribution < 1.29 is 22.7 Å². The Morgan fingerprint density at radius 2 is 1.82 bits per heavy atom. The molecular weight excluding hydrogens is 444 g/mol. The number of hydrogen-bond donors (Lipinski definition) is 1. The van der Waals surface area contributed by atoms with E-state index in [4.69, 9.17) is 9.47 Å². The SMILES string of the molecule is COc1ccc(S(=O)(=O)N(CCC(=O)N2CCNCC2)CCN2CCCC[C@@H]2C)cc1OC. The predicted octanol–water partition coefficient (Wildman–Crippen LogP) is 1.39. The highest BCUT2D eigenvalue weighted by molar-refractivity contribution is 7.89. The van der Waals surface area contributed by atoms with Crippen molar-refractivity contribution in [2.45, 2.75) is 43.5 Å². The molecule has 0 aromatic heterocycles. The van der Waals surface area contributed by atoms with E-state index in [1.165, 1.54) is 37.1 Å². The molecule has 0 spiro atoms. The Morgan fingerprint density at radius 1 is 1.09 bits per heavy atom. The normalized spacial score (nSPS) is 20.1. The quantitative estimate of drug-likeness (QED) is 0.539. The fourth-order valence-corrected chi connectivity index (χ4v) is 5.95. The highest BCUT2D eigenvalue weighted by Crippen LogP contribution is 2.31. The van der Waals surface area contributed by atoms with Crippen molar-refractivity contribution in [3.63, 3.8) is 0 Å². The molecule has 2 heterocycles. The average Bonchev–Trinajstić information content (AvgIpc) is 2.84. The van der Waals surface area contributed by atoms with Crippen LogP contribution in [0.25, 0.3) is 0 Å². The van der Waals surface area contributed by atoms with Gasteiger partial charge in [0.2, 0.25) is 15.9 Å². The number of ether oxygens (including phenoxy) is 2.